The quantitative estimate of drug-likeness (QED) is 0.757. The molecule has 2 aromatic rings. The highest BCUT2D eigenvalue weighted by Gasteiger charge is 2.18. The van der Waals surface area contributed by atoms with Crippen LogP contribution in [0.25, 0.3) is 0 Å². The number of benzene rings is 1. The Kier molecular flexibility index (Phi) is 3.80. The van der Waals surface area contributed by atoms with Crippen LogP contribution in [0.3, 0.4) is 0 Å². The lowest BCUT2D eigenvalue weighted by Gasteiger charge is -2.11. The zero-order valence-electron chi connectivity index (χ0n) is 11.0. The maximum absolute atomic E-state index is 12.1. The van der Waals surface area contributed by atoms with Crippen molar-refractivity contribution in [3.63, 3.8) is 0 Å². The first kappa shape index (κ1) is 13.3. The number of thiophene rings is 1. The van der Waals surface area contributed by atoms with Gasteiger partial charge in [-0.25, -0.2) is 4.39 Å². The fourth-order valence-electron chi connectivity index (χ4n) is 2.39. The van der Waals surface area contributed by atoms with Crippen LogP contribution in [0.15, 0.2) is 29.6 Å². The molecule has 0 fully saturated rings. The van der Waals surface area contributed by atoms with E-state index in [1.807, 2.05) is 29.6 Å². The second kappa shape index (κ2) is 5.73. The lowest BCUT2D eigenvalue weighted by Crippen LogP contribution is -2.16. The molecule has 1 aliphatic heterocycles. The van der Waals surface area contributed by atoms with Gasteiger partial charge in [-0.1, -0.05) is 12.1 Å². The molecule has 0 saturated heterocycles. The standard InChI is InChI=1S/C15H16FN3S/c16-4-5-18-8-10-1-2-11-13(7-10)19-9-14-12(15(11)17)3-6-20-14/h1-3,6-7,17-19H,4-5,8-9H2. The van der Waals surface area contributed by atoms with Crippen LogP contribution in [0.2, 0.25) is 0 Å². The van der Waals surface area contributed by atoms with E-state index >= 15 is 0 Å². The minimum absolute atomic E-state index is 0.353. The Morgan fingerprint density at radius 3 is 3.05 bits per heavy atom. The Labute approximate surface area is 121 Å². The lowest BCUT2D eigenvalue weighted by atomic mass is 10.0. The van der Waals surface area contributed by atoms with Gasteiger partial charge in [-0.15, -0.1) is 11.3 Å². The summed E-state index contributed by atoms with van der Waals surface area (Å²) >= 11 is 1.68. The van der Waals surface area contributed by atoms with Crippen molar-refractivity contribution >= 4 is 22.7 Å². The van der Waals surface area contributed by atoms with Crippen molar-refractivity contribution in [2.24, 2.45) is 0 Å². The molecule has 0 saturated carbocycles. The smallest absolute Gasteiger partial charge is 0.102 e. The van der Waals surface area contributed by atoms with Gasteiger partial charge in [0.15, 0.2) is 0 Å². The summed E-state index contributed by atoms with van der Waals surface area (Å²) in [6, 6.07) is 8.03. The second-order valence-electron chi connectivity index (χ2n) is 4.73. The average Bonchev–Trinajstić information content (AvgIpc) is 2.89. The molecule has 0 amide bonds. The van der Waals surface area contributed by atoms with Gasteiger partial charge in [0.1, 0.15) is 6.67 Å². The minimum atomic E-state index is -0.353. The van der Waals surface area contributed by atoms with Crippen molar-refractivity contribution in [3.8, 4) is 0 Å². The van der Waals surface area contributed by atoms with Crippen molar-refractivity contribution in [1.82, 2.24) is 5.32 Å². The molecule has 0 aliphatic carbocycles. The van der Waals surface area contributed by atoms with Gasteiger partial charge in [-0.3, -0.25) is 5.41 Å². The highest BCUT2D eigenvalue weighted by molar-refractivity contribution is 7.10. The van der Waals surface area contributed by atoms with E-state index in [1.165, 1.54) is 4.88 Å². The molecule has 1 aliphatic rings. The number of anilines is 1. The number of halogens is 1. The van der Waals surface area contributed by atoms with Crippen LogP contribution in [0.4, 0.5) is 10.1 Å². The fraction of sp³-hybridized carbons (Fsp3) is 0.267. The summed E-state index contributed by atoms with van der Waals surface area (Å²) in [5.74, 6) is 0. The molecule has 3 N–H and O–H groups in total. The highest BCUT2D eigenvalue weighted by Crippen LogP contribution is 2.29. The van der Waals surface area contributed by atoms with Gasteiger partial charge >= 0.3 is 0 Å². The average molecular weight is 289 g/mol. The number of nitrogens with one attached hydrogen (secondary N) is 3. The van der Waals surface area contributed by atoms with Crippen molar-refractivity contribution in [3.05, 3.63) is 51.2 Å². The molecule has 0 radical (unpaired) electrons. The minimum Gasteiger partial charge on any atom is -0.380 e. The molecule has 5 heteroatoms. The van der Waals surface area contributed by atoms with Gasteiger partial charge in [0.05, 0.1) is 12.3 Å². The summed E-state index contributed by atoms with van der Waals surface area (Å²) < 4.78 is 12.1. The third-order valence-electron chi connectivity index (χ3n) is 3.41. The third kappa shape index (κ3) is 2.46. The van der Waals surface area contributed by atoms with Gasteiger partial charge in [-0.05, 0) is 23.1 Å². The summed E-state index contributed by atoms with van der Waals surface area (Å²) in [5.41, 5.74) is 4.60. The Morgan fingerprint density at radius 2 is 2.20 bits per heavy atom. The molecule has 104 valence electrons. The molecule has 20 heavy (non-hydrogen) atoms. The topological polar surface area (TPSA) is 47.9 Å². The molecule has 0 spiro atoms. The molecule has 3 nitrogen and oxygen atoms in total. The van der Waals surface area contributed by atoms with Gasteiger partial charge in [-0.2, -0.15) is 0 Å². The summed E-state index contributed by atoms with van der Waals surface area (Å²) in [6.45, 7) is 1.42. The molecule has 0 bridgehead atoms. The number of alkyl halides is 1. The maximum atomic E-state index is 12.1. The molecule has 2 heterocycles. The van der Waals surface area contributed by atoms with Crippen LogP contribution in [-0.2, 0) is 13.1 Å². The number of hydrogen-bond donors (Lipinski definition) is 3. The van der Waals surface area contributed by atoms with Gasteiger partial charge in [0.2, 0.25) is 0 Å². The molecular formula is C15H16FN3S. The van der Waals surface area contributed by atoms with Crippen LogP contribution < -0.4 is 10.6 Å². The highest BCUT2D eigenvalue weighted by atomic mass is 32.1. The van der Waals surface area contributed by atoms with E-state index in [2.05, 4.69) is 10.6 Å². The van der Waals surface area contributed by atoms with E-state index in [4.69, 9.17) is 5.41 Å². The molecule has 3 rings (SSSR count). The van der Waals surface area contributed by atoms with Gasteiger partial charge in [0, 0.05) is 34.8 Å². The van der Waals surface area contributed by atoms with Crippen molar-refractivity contribution in [2.75, 3.05) is 18.5 Å². The van der Waals surface area contributed by atoms with E-state index in [0.717, 1.165) is 28.9 Å². The lowest BCUT2D eigenvalue weighted by molar-refractivity contribution is 0.467. The SMILES string of the molecule is N=C1c2ccc(CNCCF)cc2NCc2sccc21. The largest absolute Gasteiger partial charge is 0.380 e. The van der Waals surface area contributed by atoms with Gasteiger partial charge in [0.25, 0.3) is 0 Å². The van der Waals surface area contributed by atoms with Crippen molar-refractivity contribution in [1.29, 1.82) is 5.41 Å². The van der Waals surface area contributed by atoms with E-state index in [-0.39, 0.29) is 6.67 Å². The van der Waals surface area contributed by atoms with E-state index in [9.17, 15) is 4.39 Å². The predicted molar refractivity (Wildman–Crippen MR) is 81.7 cm³/mol. The van der Waals surface area contributed by atoms with E-state index < -0.39 is 0 Å². The Bertz CT molecular complexity index is 636. The maximum Gasteiger partial charge on any atom is 0.102 e. The zero-order valence-corrected chi connectivity index (χ0v) is 11.8. The summed E-state index contributed by atoms with van der Waals surface area (Å²) in [6.07, 6.45) is 0. The first-order valence-electron chi connectivity index (χ1n) is 6.58. The van der Waals surface area contributed by atoms with E-state index in [0.29, 0.717) is 18.8 Å². The van der Waals surface area contributed by atoms with Crippen molar-refractivity contribution in [2.45, 2.75) is 13.1 Å². The second-order valence-corrected chi connectivity index (χ2v) is 5.73. The number of hydrogen-bond acceptors (Lipinski definition) is 4. The molecular weight excluding hydrogens is 273 g/mol. The van der Waals surface area contributed by atoms with Crippen LogP contribution in [0.5, 0.6) is 0 Å². The van der Waals surface area contributed by atoms with Crippen molar-refractivity contribution < 1.29 is 4.39 Å². The normalized spacial score (nSPS) is 13.3. The fourth-order valence-corrected chi connectivity index (χ4v) is 3.21. The first-order valence-corrected chi connectivity index (χ1v) is 7.46. The Hall–Kier alpha value is -1.72. The van der Waals surface area contributed by atoms with Crippen LogP contribution >= 0.6 is 11.3 Å². The number of rotatable bonds is 4. The monoisotopic (exact) mass is 289 g/mol. The Morgan fingerprint density at radius 1 is 1.30 bits per heavy atom. The van der Waals surface area contributed by atoms with E-state index in [1.54, 1.807) is 11.3 Å². The van der Waals surface area contributed by atoms with Gasteiger partial charge < -0.3 is 10.6 Å². The number of fused-ring (bicyclic) bond motifs is 2. The molecule has 0 unspecified atom stereocenters. The first-order chi connectivity index (χ1) is 9.79. The summed E-state index contributed by atoms with van der Waals surface area (Å²) in [7, 11) is 0. The molecule has 1 aromatic carbocycles. The third-order valence-corrected chi connectivity index (χ3v) is 4.33. The predicted octanol–water partition coefficient (Wildman–Crippen LogP) is 3.15. The summed E-state index contributed by atoms with van der Waals surface area (Å²) in [4.78, 5) is 1.20. The Balaban J connectivity index is 1.87. The van der Waals surface area contributed by atoms with Crippen LogP contribution in [-0.4, -0.2) is 18.9 Å². The van der Waals surface area contributed by atoms with Crippen LogP contribution in [0.1, 0.15) is 21.6 Å². The summed E-state index contributed by atoms with van der Waals surface area (Å²) in [5, 5.41) is 16.8. The molecule has 1 aromatic heterocycles. The van der Waals surface area contributed by atoms with Crippen LogP contribution in [0, 0.1) is 5.41 Å². The zero-order chi connectivity index (χ0) is 13.9. The molecule has 0 atom stereocenters.